The highest BCUT2D eigenvalue weighted by atomic mass is 19.1. The third-order valence-corrected chi connectivity index (χ3v) is 8.01. The topological polar surface area (TPSA) is 107 Å². The van der Waals surface area contributed by atoms with E-state index in [2.05, 4.69) is 5.32 Å². The summed E-state index contributed by atoms with van der Waals surface area (Å²) >= 11 is 0. The summed E-state index contributed by atoms with van der Waals surface area (Å²) in [5.41, 5.74) is 0.372. The third kappa shape index (κ3) is 9.15. The second-order valence-electron chi connectivity index (χ2n) is 12.4. The van der Waals surface area contributed by atoms with Crippen molar-refractivity contribution in [2.45, 2.75) is 51.8 Å². The standard InChI is InChI=1S/C36H44FN3O7/c1-36(2,3)47-35(43)39-19-17-24(18-20-39)22-38-34(42)32(33(41)25-11-14-27(44-4)15-12-25)40(30-10-8-7-9-29(30)37)23-26-13-16-28(45-5)21-31(26)46-6/h7-16,21,24,32H,17-20,22-23H2,1-6H3,(H,38,42). The summed E-state index contributed by atoms with van der Waals surface area (Å²) in [4.78, 5) is 44.1. The molecule has 10 nitrogen and oxygen atoms in total. The first-order valence-electron chi connectivity index (χ1n) is 15.6. The van der Waals surface area contributed by atoms with Gasteiger partial charge in [0, 0.05) is 43.4 Å². The Balaban J connectivity index is 1.64. The Morgan fingerprint density at radius 3 is 2.15 bits per heavy atom. The summed E-state index contributed by atoms with van der Waals surface area (Å²) in [6.45, 7) is 6.71. The number of hydrogen-bond acceptors (Lipinski definition) is 8. The van der Waals surface area contributed by atoms with E-state index in [-0.39, 0.29) is 36.4 Å². The van der Waals surface area contributed by atoms with Gasteiger partial charge in [0.05, 0.1) is 27.0 Å². The molecule has 3 aromatic carbocycles. The zero-order chi connectivity index (χ0) is 34.1. The second kappa shape index (κ2) is 15.7. The summed E-state index contributed by atoms with van der Waals surface area (Å²) in [6, 6.07) is 16.2. The van der Waals surface area contributed by atoms with E-state index in [0.29, 0.717) is 48.7 Å². The van der Waals surface area contributed by atoms with Crippen LogP contribution in [0.25, 0.3) is 0 Å². The number of carbonyl (C=O) groups excluding carboxylic acids is 3. The molecule has 0 saturated carbocycles. The number of anilines is 1. The van der Waals surface area contributed by atoms with Crippen molar-refractivity contribution in [3.8, 4) is 17.2 Å². The lowest BCUT2D eigenvalue weighted by atomic mass is 9.96. The molecule has 47 heavy (non-hydrogen) atoms. The van der Waals surface area contributed by atoms with Crippen molar-refractivity contribution in [1.82, 2.24) is 10.2 Å². The quantitative estimate of drug-likeness (QED) is 0.192. The van der Waals surface area contributed by atoms with Gasteiger partial charge in [-0.2, -0.15) is 0 Å². The van der Waals surface area contributed by atoms with Gasteiger partial charge in [-0.1, -0.05) is 12.1 Å². The van der Waals surface area contributed by atoms with Gasteiger partial charge < -0.3 is 34.1 Å². The highest BCUT2D eigenvalue weighted by Crippen LogP contribution is 2.31. The van der Waals surface area contributed by atoms with Crippen LogP contribution in [0.15, 0.2) is 66.7 Å². The molecule has 1 heterocycles. The molecule has 11 heteroatoms. The fraction of sp³-hybridized carbons (Fsp3) is 0.417. The number of halogens is 1. The van der Waals surface area contributed by atoms with E-state index in [9.17, 15) is 14.4 Å². The summed E-state index contributed by atoms with van der Waals surface area (Å²) in [5, 5.41) is 2.98. The molecule has 1 fully saturated rings. The number of likely N-dealkylation sites (tertiary alicyclic amines) is 1. The van der Waals surface area contributed by atoms with Crippen LogP contribution >= 0.6 is 0 Å². The summed E-state index contributed by atoms with van der Waals surface area (Å²) in [6.07, 6.45) is 0.938. The summed E-state index contributed by atoms with van der Waals surface area (Å²) in [7, 11) is 4.56. The Morgan fingerprint density at radius 1 is 0.915 bits per heavy atom. The minimum Gasteiger partial charge on any atom is -0.497 e. The molecule has 0 spiro atoms. The number of rotatable bonds is 12. The molecule has 0 bridgehead atoms. The van der Waals surface area contributed by atoms with Crippen molar-refractivity contribution in [3.63, 3.8) is 0 Å². The van der Waals surface area contributed by atoms with Gasteiger partial charge in [0.1, 0.15) is 28.7 Å². The first-order valence-corrected chi connectivity index (χ1v) is 15.6. The molecule has 1 saturated heterocycles. The van der Waals surface area contributed by atoms with Crippen LogP contribution in [0.3, 0.4) is 0 Å². The number of nitrogens with zero attached hydrogens (tertiary/aromatic N) is 2. The number of carbonyl (C=O) groups is 3. The number of Topliss-reactive ketones (excluding diaryl/α,β-unsaturated/α-hetero) is 1. The Labute approximate surface area is 275 Å². The number of amides is 2. The normalized spacial score (nSPS) is 14.1. The number of ether oxygens (including phenoxy) is 4. The molecule has 1 atom stereocenters. The Hall–Kier alpha value is -4.80. The van der Waals surface area contributed by atoms with Crippen LogP contribution < -0.4 is 24.4 Å². The molecule has 0 aromatic heterocycles. The number of methoxy groups -OCH3 is 3. The first kappa shape index (κ1) is 35.1. The highest BCUT2D eigenvalue weighted by molar-refractivity contribution is 6.15. The van der Waals surface area contributed by atoms with Crippen LogP contribution in [0.1, 0.15) is 49.5 Å². The van der Waals surface area contributed by atoms with Gasteiger partial charge >= 0.3 is 6.09 Å². The van der Waals surface area contributed by atoms with E-state index >= 15 is 4.39 Å². The molecule has 252 valence electrons. The number of hydrogen-bond donors (Lipinski definition) is 1. The predicted molar refractivity (Wildman–Crippen MR) is 177 cm³/mol. The van der Waals surface area contributed by atoms with Crippen LogP contribution in [0.5, 0.6) is 17.2 Å². The van der Waals surface area contributed by atoms with Gasteiger partial charge in [-0.25, -0.2) is 9.18 Å². The van der Waals surface area contributed by atoms with Gasteiger partial charge in [-0.15, -0.1) is 0 Å². The number of para-hydroxylation sites is 1. The van der Waals surface area contributed by atoms with Gasteiger partial charge in [0.15, 0.2) is 11.8 Å². The van der Waals surface area contributed by atoms with Crippen LogP contribution in [0, 0.1) is 11.7 Å². The van der Waals surface area contributed by atoms with E-state index in [0.717, 1.165) is 0 Å². The lowest BCUT2D eigenvalue weighted by Crippen LogP contribution is -2.53. The SMILES string of the molecule is COc1ccc(C(=O)C(C(=O)NCC2CCN(C(=O)OC(C)(C)C)CC2)N(Cc2ccc(OC)cc2OC)c2ccccc2F)cc1. The third-order valence-electron chi connectivity index (χ3n) is 8.01. The molecule has 1 unspecified atom stereocenters. The van der Waals surface area contributed by atoms with Crippen LogP contribution in [-0.2, 0) is 16.1 Å². The maximum absolute atomic E-state index is 15.5. The van der Waals surface area contributed by atoms with Gasteiger partial charge in [0.2, 0.25) is 0 Å². The molecule has 4 rings (SSSR count). The summed E-state index contributed by atoms with van der Waals surface area (Å²) < 4.78 is 37.2. The number of piperidine rings is 1. The molecule has 2 amide bonds. The number of nitrogens with one attached hydrogen (secondary N) is 1. The number of ketones is 1. The summed E-state index contributed by atoms with van der Waals surface area (Å²) in [5.74, 6) is -0.0402. The van der Waals surface area contributed by atoms with Crippen LogP contribution in [0.4, 0.5) is 14.9 Å². The lowest BCUT2D eigenvalue weighted by Gasteiger charge is -2.35. The zero-order valence-corrected chi connectivity index (χ0v) is 27.9. The van der Waals surface area contributed by atoms with E-state index in [4.69, 9.17) is 18.9 Å². The minimum atomic E-state index is -1.44. The minimum absolute atomic E-state index is 0.0254. The second-order valence-corrected chi connectivity index (χ2v) is 12.4. The maximum atomic E-state index is 15.5. The average Bonchev–Trinajstić information content (AvgIpc) is 3.06. The monoisotopic (exact) mass is 649 g/mol. The largest absolute Gasteiger partial charge is 0.497 e. The lowest BCUT2D eigenvalue weighted by molar-refractivity contribution is -0.121. The predicted octanol–water partition coefficient (Wildman–Crippen LogP) is 5.87. The van der Waals surface area contributed by atoms with Gasteiger partial charge in [-0.3, -0.25) is 9.59 Å². The van der Waals surface area contributed by atoms with Crippen LogP contribution in [-0.4, -0.2) is 75.3 Å². The van der Waals surface area contributed by atoms with E-state index in [1.807, 2.05) is 20.8 Å². The van der Waals surface area contributed by atoms with Crippen molar-refractivity contribution in [2.24, 2.45) is 5.92 Å². The molecule has 1 N–H and O–H groups in total. The van der Waals surface area contributed by atoms with Crippen LogP contribution in [0.2, 0.25) is 0 Å². The van der Waals surface area contributed by atoms with E-state index < -0.39 is 29.2 Å². The van der Waals surface area contributed by atoms with Gasteiger partial charge in [-0.05, 0) is 88.1 Å². The highest BCUT2D eigenvalue weighted by Gasteiger charge is 2.36. The zero-order valence-electron chi connectivity index (χ0n) is 27.9. The Kier molecular flexibility index (Phi) is 11.7. The number of benzene rings is 3. The molecular weight excluding hydrogens is 605 g/mol. The molecular formula is C36H44FN3O7. The maximum Gasteiger partial charge on any atom is 0.410 e. The fourth-order valence-corrected chi connectivity index (χ4v) is 5.47. The first-order chi connectivity index (χ1) is 22.4. The van der Waals surface area contributed by atoms with Crippen molar-refractivity contribution in [1.29, 1.82) is 0 Å². The molecule has 1 aliphatic heterocycles. The Morgan fingerprint density at radius 2 is 1.55 bits per heavy atom. The molecule has 0 radical (unpaired) electrons. The fourth-order valence-electron chi connectivity index (χ4n) is 5.47. The smallest absolute Gasteiger partial charge is 0.410 e. The Bertz CT molecular complexity index is 1530. The van der Waals surface area contributed by atoms with E-state index in [1.54, 1.807) is 65.6 Å². The molecule has 1 aliphatic rings. The molecule has 3 aromatic rings. The van der Waals surface area contributed by atoms with Crippen molar-refractivity contribution < 1.29 is 37.7 Å². The average molecular weight is 650 g/mol. The van der Waals surface area contributed by atoms with Crippen molar-refractivity contribution >= 4 is 23.5 Å². The van der Waals surface area contributed by atoms with Gasteiger partial charge in [0.25, 0.3) is 5.91 Å². The van der Waals surface area contributed by atoms with E-state index in [1.165, 1.54) is 32.3 Å². The van der Waals surface area contributed by atoms with Crippen molar-refractivity contribution in [3.05, 3.63) is 83.7 Å². The van der Waals surface area contributed by atoms with Crippen molar-refractivity contribution in [2.75, 3.05) is 45.9 Å². The molecule has 0 aliphatic carbocycles.